The van der Waals surface area contributed by atoms with Crippen molar-refractivity contribution in [1.82, 2.24) is 15.1 Å². The average Bonchev–Trinajstić information content (AvgIpc) is 3.06. The maximum Gasteiger partial charge on any atom is 0.265 e. The molecule has 0 radical (unpaired) electrons. The van der Waals surface area contributed by atoms with Crippen molar-refractivity contribution in [2.75, 3.05) is 25.1 Å². The van der Waals surface area contributed by atoms with E-state index in [4.69, 9.17) is 5.73 Å². The smallest absolute Gasteiger partial charge is 0.265 e. The third kappa shape index (κ3) is 2.83. The average molecular weight is 304 g/mol. The van der Waals surface area contributed by atoms with E-state index in [2.05, 4.69) is 21.6 Å². The Balaban J connectivity index is 2.34. The molecule has 7 nitrogen and oxygen atoms in total. The number of anilines is 2. The number of nitrogens with two attached hydrogens (primary N) is 1. The van der Waals surface area contributed by atoms with Crippen LogP contribution in [0.2, 0.25) is 0 Å². The van der Waals surface area contributed by atoms with E-state index in [1.54, 1.807) is 26.5 Å². The minimum absolute atomic E-state index is 0.0591. The van der Waals surface area contributed by atoms with Crippen molar-refractivity contribution in [2.45, 2.75) is 13.0 Å². The van der Waals surface area contributed by atoms with Gasteiger partial charge in [-0.25, -0.2) is 0 Å². The van der Waals surface area contributed by atoms with Crippen LogP contribution in [0.15, 0.2) is 12.4 Å². The van der Waals surface area contributed by atoms with Crippen molar-refractivity contribution in [3.05, 3.63) is 28.4 Å². The summed E-state index contributed by atoms with van der Waals surface area (Å²) in [5, 5.41) is 19.7. The molecule has 0 fully saturated rings. The van der Waals surface area contributed by atoms with Gasteiger partial charge in [-0.1, -0.05) is 0 Å². The van der Waals surface area contributed by atoms with Crippen LogP contribution < -0.4 is 11.1 Å². The normalized spacial score (nSPS) is 11.7. The first kappa shape index (κ1) is 14.9. The summed E-state index contributed by atoms with van der Waals surface area (Å²) in [6, 6.07) is 2.00. The highest BCUT2D eigenvalue weighted by Crippen LogP contribution is 2.37. The Hall–Kier alpha value is -2.53. The van der Waals surface area contributed by atoms with Gasteiger partial charge in [0, 0.05) is 25.9 Å². The first-order valence-electron chi connectivity index (χ1n) is 6.25. The van der Waals surface area contributed by atoms with E-state index >= 15 is 0 Å². The lowest BCUT2D eigenvalue weighted by Gasteiger charge is -2.11. The zero-order valence-corrected chi connectivity index (χ0v) is 12.8. The summed E-state index contributed by atoms with van der Waals surface area (Å²) < 4.78 is 0. The van der Waals surface area contributed by atoms with Crippen molar-refractivity contribution >= 4 is 27.9 Å². The van der Waals surface area contributed by atoms with Gasteiger partial charge >= 0.3 is 0 Å². The molecule has 0 spiro atoms. The van der Waals surface area contributed by atoms with Crippen LogP contribution in [0.1, 0.15) is 33.8 Å². The van der Waals surface area contributed by atoms with Gasteiger partial charge < -0.3 is 16.0 Å². The SMILES string of the molecule is CC(Nc1sc(C(=O)N(C)C)c(N)c1C#N)c1cn[nH]c1. The number of aromatic amines is 1. The van der Waals surface area contributed by atoms with Crippen LogP contribution in [0.5, 0.6) is 0 Å². The number of rotatable bonds is 4. The zero-order valence-electron chi connectivity index (χ0n) is 12.0. The molecule has 1 unspecified atom stereocenters. The molecule has 21 heavy (non-hydrogen) atoms. The Bertz CT molecular complexity index is 682. The van der Waals surface area contributed by atoms with E-state index in [0.717, 1.165) is 5.56 Å². The molecule has 0 saturated heterocycles. The largest absolute Gasteiger partial charge is 0.396 e. The van der Waals surface area contributed by atoms with Crippen LogP contribution >= 0.6 is 11.3 Å². The predicted octanol–water partition coefficient (Wildman–Crippen LogP) is 1.80. The van der Waals surface area contributed by atoms with Gasteiger partial charge in [-0.2, -0.15) is 10.4 Å². The van der Waals surface area contributed by atoms with Gasteiger partial charge in [-0.3, -0.25) is 9.89 Å². The minimum Gasteiger partial charge on any atom is -0.396 e. The number of nitriles is 1. The fourth-order valence-electron chi connectivity index (χ4n) is 1.80. The number of hydrogen-bond acceptors (Lipinski definition) is 6. The van der Waals surface area contributed by atoms with Gasteiger partial charge in [0.2, 0.25) is 0 Å². The second-order valence-corrected chi connectivity index (χ2v) is 5.78. The third-order valence-electron chi connectivity index (χ3n) is 3.02. The molecular formula is C13H16N6OS. The summed E-state index contributed by atoms with van der Waals surface area (Å²) in [4.78, 5) is 13.9. The Morgan fingerprint density at radius 3 is 2.86 bits per heavy atom. The number of nitrogens with one attached hydrogen (secondary N) is 2. The van der Waals surface area contributed by atoms with E-state index in [1.807, 2.05) is 6.92 Å². The molecule has 0 aliphatic heterocycles. The van der Waals surface area contributed by atoms with Crippen molar-refractivity contribution < 1.29 is 4.79 Å². The van der Waals surface area contributed by atoms with Gasteiger partial charge in [0.05, 0.1) is 17.9 Å². The number of carbonyl (C=O) groups excluding carboxylic acids is 1. The molecule has 2 aromatic rings. The van der Waals surface area contributed by atoms with E-state index < -0.39 is 0 Å². The lowest BCUT2D eigenvalue weighted by Crippen LogP contribution is -2.21. The van der Waals surface area contributed by atoms with Crippen LogP contribution in [-0.2, 0) is 0 Å². The molecule has 4 N–H and O–H groups in total. The highest BCUT2D eigenvalue weighted by Gasteiger charge is 2.23. The highest BCUT2D eigenvalue weighted by atomic mass is 32.1. The molecule has 1 atom stereocenters. The molecule has 0 aromatic carbocycles. The van der Waals surface area contributed by atoms with Crippen LogP contribution in [0.3, 0.4) is 0 Å². The number of nitrogens with zero attached hydrogens (tertiary/aromatic N) is 3. The summed E-state index contributed by atoms with van der Waals surface area (Å²) in [7, 11) is 3.30. The van der Waals surface area contributed by atoms with Crippen LogP contribution in [-0.4, -0.2) is 35.1 Å². The third-order valence-corrected chi connectivity index (χ3v) is 4.15. The number of nitrogen functional groups attached to an aromatic ring is 1. The lowest BCUT2D eigenvalue weighted by molar-refractivity contribution is 0.0833. The Morgan fingerprint density at radius 2 is 2.33 bits per heavy atom. The monoisotopic (exact) mass is 304 g/mol. The number of aromatic nitrogens is 2. The fourth-order valence-corrected chi connectivity index (χ4v) is 2.98. The lowest BCUT2D eigenvalue weighted by atomic mass is 10.2. The summed E-state index contributed by atoms with van der Waals surface area (Å²) in [6.45, 7) is 1.94. The quantitative estimate of drug-likeness (QED) is 0.797. The van der Waals surface area contributed by atoms with Crippen molar-refractivity contribution in [1.29, 1.82) is 5.26 Å². The molecule has 110 valence electrons. The zero-order chi connectivity index (χ0) is 15.6. The van der Waals surface area contributed by atoms with E-state index in [1.165, 1.54) is 16.2 Å². The van der Waals surface area contributed by atoms with Crippen molar-refractivity contribution in [3.8, 4) is 6.07 Å². The molecule has 0 bridgehead atoms. The highest BCUT2D eigenvalue weighted by molar-refractivity contribution is 7.18. The molecule has 1 amide bonds. The second-order valence-electron chi connectivity index (χ2n) is 4.76. The van der Waals surface area contributed by atoms with Crippen molar-refractivity contribution in [2.24, 2.45) is 0 Å². The van der Waals surface area contributed by atoms with Gasteiger partial charge in [0.1, 0.15) is 21.5 Å². The molecule has 2 aromatic heterocycles. The molecule has 0 aliphatic rings. The van der Waals surface area contributed by atoms with Crippen LogP contribution in [0, 0.1) is 11.3 Å². The Kier molecular flexibility index (Phi) is 4.14. The van der Waals surface area contributed by atoms with Gasteiger partial charge in [-0.05, 0) is 6.92 Å². The first-order valence-corrected chi connectivity index (χ1v) is 7.06. The van der Waals surface area contributed by atoms with Crippen LogP contribution in [0.4, 0.5) is 10.7 Å². The molecule has 2 rings (SSSR count). The van der Waals surface area contributed by atoms with Gasteiger partial charge in [-0.15, -0.1) is 11.3 Å². The summed E-state index contributed by atoms with van der Waals surface area (Å²) >= 11 is 1.19. The Morgan fingerprint density at radius 1 is 1.62 bits per heavy atom. The van der Waals surface area contributed by atoms with Gasteiger partial charge in [0.15, 0.2) is 0 Å². The van der Waals surface area contributed by atoms with E-state index in [0.29, 0.717) is 15.4 Å². The van der Waals surface area contributed by atoms with Crippen LogP contribution in [0.25, 0.3) is 0 Å². The second kappa shape index (κ2) is 5.85. The van der Waals surface area contributed by atoms with Gasteiger partial charge in [0.25, 0.3) is 5.91 Å². The van der Waals surface area contributed by atoms with E-state index in [-0.39, 0.29) is 17.6 Å². The maximum atomic E-state index is 12.1. The minimum atomic E-state index is -0.210. The molecular weight excluding hydrogens is 288 g/mol. The molecule has 8 heteroatoms. The standard InChI is InChI=1S/C13H16N6OS/c1-7(8-5-16-17-6-8)18-12-9(4-14)10(15)11(21-12)13(20)19(2)3/h5-7,18H,15H2,1-3H3,(H,16,17). The summed E-state index contributed by atoms with van der Waals surface area (Å²) in [5.41, 5.74) is 7.41. The predicted molar refractivity (Wildman–Crippen MR) is 82.1 cm³/mol. The first-order chi connectivity index (χ1) is 9.95. The number of carbonyl (C=O) groups is 1. The van der Waals surface area contributed by atoms with Crippen molar-refractivity contribution in [3.63, 3.8) is 0 Å². The molecule has 0 aliphatic carbocycles. The maximum absolute atomic E-state index is 12.1. The Labute approximate surface area is 126 Å². The topological polar surface area (TPSA) is 111 Å². The van der Waals surface area contributed by atoms with E-state index in [9.17, 15) is 10.1 Å². The summed E-state index contributed by atoms with van der Waals surface area (Å²) in [6.07, 6.45) is 3.47. The summed E-state index contributed by atoms with van der Waals surface area (Å²) in [5.74, 6) is -0.210. The number of hydrogen-bond donors (Lipinski definition) is 3. The number of thiophene rings is 1. The molecule has 0 saturated carbocycles. The fraction of sp³-hybridized carbons (Fsp3) is 0.308. The molecule has 2 heterocycles. The number of amides is 1. The number of H-pyrrole nitrogens is 1.